The third kappa shape index (κ3) is 35.6. The molecule has 0 aromatic heterocycles. The maximum absolute atomic E-state index is 12.6. The van der Waals surface area contributed by atoms with Crippen LogP contribution in [0.1, 0.15) is 142 Å². The molecule has 0 rings (SSSR count). The Bertz CT molecular complexity index is 963. The van der Waals surface area contributed by atoms with Crippen LogP contribution in [-0.4, -0.2) is 68.3 Å². The van der Waals surface area contributed by atoms with E-state index < -0.39 is 32.5 Å². The Balaban J connectivity index is 4.47. The molecule has 0 aliphatic rings. The number of carbonyl (C=O) groups is 2. The summed E-state index contributed by atoms with van der Waals surface area (Å²) in [5, 5.41) is 0. The number of ether oxygens (including phenoxy) is 2. The third-order valence-corrected chi connectivity index (χ3v) is 8.59. The highest BCUT2D eigenvalue weighted by atomic mass is 31.2. The van der Waals surface area contributed by atoms with Gasteiger partial charge in [0.25, 0.3) is 0 Å². The first-order chi connectivity index (χ1) is 23.7. The van der Waals surface area contributed by atoms with E-state index in [1.807, 2.05) is 14.1 Å². The lowest BCUT2D eigenvalue weighted by Gasteiger charge is -2.20. The normalized spacial score (nSPS) is 14.1. The van der Waals surface area contributed by atoms with Crippen LogP contribution in [0.25, 0.3) is 0 Å². The zero-order valence-electron chi connectivity index (χ0n) is 31.4. The fourth-order valence-electron chi connectivity index (χ4n) is 4.61. The summed E-state index contributed by atoms with van der Waals surface area (Å²) in [4.78, 5) is 36.8. The van der Waals surface area contributed by atoms with Gasteiger partial charge in [-0.25, -0.2) is 4.57 Å². The predicted octanol–water partition coefficient (Wildman–Crippen LogP) is 10.2. The quantitative estimate of drug-likeness (QED) is 0.0302. The van der Waals surface area contributed by atoms with Gasteiger partial charge in [-0.1, -0.05) is 107 Å². The molecular formula is C39H70NO8P. The molecule has 49 heavy (non-hydrogen) atoms. The molecule has 2 unspecified atom stereocenters. The molecule has 0 aromatic carbocycles. The number of likely N-dealkylation sites (N-methyl/N-ethyl adjacent to an activating group) is 1. The summed E-state index contributed by atoms with van der Waals surface area (Å²) in [5.41, 5.74) is 0. The Morgan fingerprint density at radius 1 is 0.633 bits per heavy atom. The lowest BCUT2D eigenvalue weighted by molar-refractivity contribution is -0.161. The van der Waals surface area contributed by atoms with Crippen LogP contribution in [0.2, 0.25) is 0 Å². The van der Waals surface area contributed by atoms with Crippen molar-refractivity contribution < 1.29 is 37.6 Å². The lowest BCUT2D eigenvalue weighted by atomic mass is 10.1. The molecule has 0 fully saturated rings. The molecule has 0 amide bonds. The van der Waals surface area contributed by atoms with E-state index in [0.29, 0.717) is 13.0 Å². The molecule has 10 heteroatoms. The van der Waals surface area contributed by atoms with Crippen molar-refractivity contribution in [3.63, 3.8) is 0 Å². The number of esters is 2. The number of hydrogen-bond acceptors (Lipinski definition) is 8. The van der Waals surface area contributed by atoms with Crippen molar-refractivity contribution in [3.8, 4) is 0 Å². The van der Waals surface area contributed by atoms with Gasteiger partial charge in [0.15, 0.2) is 6.10 Å². The van der Waals surface area contributed by atoms with Gasteiger partial charge in [-0.15, -0.1) is 0 Å². The van der Waals surface area contributed by atoms with Crippen molar-refractivity contribution >= 4 is 19.8 Å². The molecule has 0 radical (unpaired) electrons. The van der Waals surface area contributed by atoms with Crippen LogP contribution in [0, 0.1) is 0 Å². The molecule has 0 saturated carbocycles. The molecule has 1 N–H and O–H groups in total. The summed E-state index contributed by atoms with van der Waals surface area (Å²) < 4.78 is 33.2. The summed E-state index contributed by atoms with van der Waals surface area (Å²) in [6, 6.07) is 0. The van der Waals surface area contributed by atoms with Gasteiger partial charge < -0.3 is 19.3 Å². The van der Waals surface area contributed by atoms with Gasteiger partial charge in [0, 0.05) is 19.4 Å². The highest BCUT2D eigenvalue weighted by Crippen LogP contribution is 2.43. The molecule has 0 aliphatic heterocycles. The van der Waals surface area contributed by atoms with Crippen LogP contribution in [0.4, 0.5) is 0 Å². The number of phosphoric ester groups is 1. The van der Waals surface area contributed by atoms with Crippen LogP contribution in [0.5, 0.6) is 0 Å². The SMILES string of the molecule is CCCC/C=C\CCCCCCCC(=O)OCC(COP(=O)(O)OCCN(C)C)OC(=O)CCCC/C=C\C/C=C\C/C=C\CCCCC. The first-order valence-electron chi connectivity index (χ1n) is 18.9. The predicted molar refractivity (Wildman–Crippen MR) is 201 cm³/mol. The first kappa shape index (κ1) is 47.0. The average Bonchev–Trinajstić information content (AvgIpc) is 3.06. The molecule has 0 bridgehead atoms. The van der Waals surface area contributed by atoms with Crippen LogP contribution >= 0.6 is 7.82 Å². The van der Waals surface area contributed by atoms with E-state index >= 15 is 0 Å². The van der Waals surface area contributed by atoms with Gasteiger partial charge in [0.05, 0.1) is 13.2 Å². The van der Waals surface area contributed by atoms with Crippen LogP contribution in [0.15, 0.2) is 48.6 Å². The van der Waals surface area contributed by atoms with Gasteiger partial charge in [0.2, 0.25) is 0 Å². The Kier molecular flexibility index (Phi) is 33.0. The van der Waals surface area contributed by atoms with E-state index in [1.165, 1.54) is 32.1 Å². The minimum absolute atomic E-state index is 0.00283. The lowest BCUT2D eigenvalue weighted by Crippen LogP contribution is -2.29. The van der Waals surface area contributed by atoms with E-state index in [1.54, 1.807) is 4.90 Å². The van der Waals surface area contributed by atoms with Crippen LogP contribution in [0.3, 0.4) is 0 Å². The largest absolute Gasteiger partial charge is 0.472 e. The summed E-state index contributed by atoms with van der Waals surface area (Å²) >= 11 is 0. The third-order valence-electron chi connectivity index (χ3n) is 7.61. The second-order valence-electron chi connectivity index (χ2n) is 12.7. The molecule has 0 aromatic rings. The molecule has 2 atom stereocenters. The Morgan fingerprint density at radius 2 is 1.12 bits per heavy atom. The van der Waals surface area contributed by atoms with E-state index in [0.717, 1.165) is 77.0 Å². The van der Waals surface area contributed by atoms with Gasteiger partial charge in [-0.2, -0.15) is 0 Å². The van der Waals surface area contributed by atoms with E-state index in [-0.39, 0.29) is 26.1 Å². The van der Waals surface area contributed by atoms with Crippen molar-refractivity contribution in [2.45, 2.75) is 148 Å². The average molecular weight is 712 g/mol. The van der Waals surface area contributed by atoms with E-state index in [4.69, 9.17) is 18.5 Å². The zero-order valence-corrected chi connectivity index (χ0v) is 32.3. The summed E-state index contributed by atoms with van der Waals surface area (Å²) in [5.74, 6) is -0.865. The van der Waals surface area contributed by atoms with Crippen LogP contribution < -0.4 is 0 Å². The summed E-state index contributed by atoms with van der Waals surface area (Å²) in [7, 11) is -0.738. The number of hydrogen-bond donors (Lipinski definition) is 1. The number of allylic oxidation sites excluding steroid dienone is 8. The zero-order chi connectivity index (χ0) is 36.3. The van der Waals surface area contributed by atoms with Gasteiger partial charge >= 0.3 is 19.8 Å². The van der Waals surface area contributed by atoms with Crippen molar-refractivity contribution in [1.82, 2.24) is 4.90 Å². The summed E-state index contributed by atoms with van der Waals surface area (Å²) in [6.45, 7) is 4.17. The Labute approximate surface area is 299 Å². The first-order valence-corrected chi connectivity index (χ1v) is 20.4. The van der Waals surface area contributed by atoms with Crippen molar-refractivity contribution in [2.75, 3.05) is 40.5 Å². The number of phosphoric acid groups is 1. The second-order valence-corrected chi connectivity index (χ2v) is 14.2. The number of rotatable bonds is 34. The molecule has 0 spiro atoms. The summed E-state index contributed by atoms with van der Waals surface area (Å²) in [6.07, 6.45) is 35.9. The van der Waals surface area contributed by atoms with E-state index in [9.17, 15) is 19.0 Å². The van der Waals surface area contributed by atoms with Crippen LogP contribution in [-0.2, 0) is 32.7 Å². The fraction of sp³-hybridized carbons (Fsp3) is 0.744. The number of carbonyl (C=O) groups excluding carboxylic acids is 2. The van der Waals surface area contributed by atoms with Gasteiger partial charge in [-0.3, -0.25) is 18.6 Å². The topological polar surface area (TPSA) is 112 Å². The maximum atomic E-state index is 12.6. The minimum atomic E-state index is -4.37. The minimum Gasteiger partial charge on any atom is -0.462 e. The van der Waals surface area contributed by atoms with Crippen molar-refractivity contribution in [1.29, 1.82) is 0 Å². The smallest absolute Gasteiger partial charge is 0.462 e. The molecule has 0 aliphatic carbocycles. The fourth-order valence-corrected chi connectivity index (χ4v) is 5.35. The highest BCUT2D eigenvalue weighted by molar-refractivity contribution is 7.47. The number of nitrogens with zero attached hydrogens (tertiary/aromatic N) is 1. The molecule has 0 heterocycles. The molecule has 284 valence electrons. The van der Waals surface area contributed by atoms with Gasteiger partial charge in [-0.05, 0) is 84.7 Å². The van der Waals surface area contributed by atoms with Gasteiger partial charge in [0.1, 0.15) is 6.61 Å². The maximum Gasteiger partial charge on any atom is 0.472 e. The molecular weight excluding hydrogens is 641 g/mol. The molecule has 0 saturated heterocycles. The van der Waals surface area contributed by atoms with E-state index in [2.05, 4.69) is 62.5 Å². The highest BCUT2D eigenvalue weighted by Gasteiger charge is 2.26. The van der Waals surface area contributed by atoms with Crippen molar-refractivity contribution in [3.05, 3.63) is 48.6 Å². The monoisotopic (exact) mass is 711 g/mol. The standard InChI is InChI=1S/C39H70NO8P/c1-5-7-9-11-13-15-17-18-19-20-22-24-26-28-30-32-39(42)48-37(36-47-49(43,44)46-34-33-40(3)4)35-45-38(41)31-29-27-25-23-21-16-14-12-10-8-6-2/h12-15,18-19,22,24,37H,5-11,16-17,20-21,23,25-36H2,1-4H3,(H,43,44)/b14-12-,15-13-,19-18-,24-22-. The Hall–Kier alpha value is -2.03. The second kappa shape index (κ2) is 34.4. The number of unbranched alkanes of at least 4 members (excludes halogenated alkanes) is 12. The van der Waals surface area contributed by atoms with Crippen molar-refractivity contribution in [2.24, 2.45) is 0 Å². The molecule has 9 nitrogen and oxygen atoms in total. The Morgan fingerprint density at radius 3 is 1.76 bits per heavy atom.